The maximum atomic E-state index is 12.7. The summed E-state index contributed by atoms with van der Waals surface area (Å²) in [5.41, 5.74) is 3.36. The van der Waals surface area contributed by atoms with Gasteiger partial charge in [0, 0.05) is 20.6 Å². The van der Waals surface area contributed by atoms with Crippen LogP contribution in [0.2, 0.25) is 0 Å². The van der Waals surface area contributed by atoms with Crippen molar-refractivity contribution in [2.45, 2.75) is 6.42 Å². The van der Waals surface area contributed by atoms with Crippen LogP contribution in [0, 0.1) is 0 Å². The highest BCUT2D eigenvalue weighted by atomic mass is 32.2. The van der Waals surface area contributed by atoms with E-state index >= 15 is 0 Å². The molecule has 0 spiro atoms. The minimum Gasteiger partial charge on any atom is -0.295 e. The van der Waals surface area contributed by atoms with Crippen LogP contribution in [0.15, 0.2) is 58.2 Å². The molecular weight excluding hydrogens is 374 g/mol. The van der Waals surface area contributed by atoms with E-state index in [1.165, 1.54) is 4.90 Å². The molecule has 1 aliphatic heterocycles. The fourth-order valence-electron chi connectivity index (χ4n) is 3.34. The number of aryl methyl sites for hydroxylation is 2. The van der Waals surface area contributed by atoms with Crippen molar-refractivity contribution in [1.29, 1.82) is 0 Å². The molecule has 1 aromatic heterocycles. The number of imide groups is 1. The highest BCUT2D eigenvalue weighted by molar-refractivity contribution is 8.18. The number of aromatic nitrogens is 2. The lowest BCUT2D eigenvalue weighted by Gasteiger charge is -2.12. The average molecular weight is 393 g/mol. The van der Waals surface area contributed by atoms with Crippen LogP contribution in [-0.2, 0) is 25.3 Å². The van der Waals surface area contributed by atoms with Gasteiger partial charge in [-0.15, -0.1) is 0 Å². The lowest BCUT2D eigenvalue weighted by molar-refractivity contribution is -0.122. The van der Waals surface area contributed by atoms with Gasteiger partial charge in [-0.05, 0) is 47.5 Å². The van der Waals surface area contributed by atoms with Crippen molar-refractivity contribution < 1.29 is 9.59 Å². The molecule has 4 rings (SSSR count). The van der Waals surface area contributed by atoms with Crippen LogP contribution in [0.3, 0.4) is 0 Å². The highest BCUT2D eigenvalue weighted by Crippen LogP contribution is 2.32. The Kier molecular flexibility index (Phi) is 4.68. The van der Waals surface area contributed by atoms with Crippen LogP contribution in [0.1, 0.15) is 11.1 Å². The molecule has 0 saturated carbocycles. The summed E-state index contributed by atoms with van der Waals surface area (Å²) in [4.78, 5) is 38.8. The zero-order valence-electron chi connectivity index (χ0n) is 15.6. The van der Waals surface area contributed by atoms with Crippen molar-refractivity contribution in [3.8, 4) is 0 Å². The van der Waals surface area contributed by atoms with Gasteiger partial charge in [0.1, 0.15) is 0 Å². The summed E-state index contributed by atoms with van der Waals surface area (Å²) in [5, 5.41) is -0.250. The third-order valence-electron chi connectivity index (χ3n) is 4.93. The molecule has 1 saturated heterocycles. The molecule has 0 aliphatic carbocycles. The number of benzene rings is 2. The summed E-state index contributed by atoms with van der Waals surface area (Å²) in [6.45, 7) is 0.359. The largest absolute Gasteiger partial charge is 0.328 e. The number of amides is 2. The zero-order valence-corrected chi connectivity index (χ0v) is 16.4. The smallest absolute Gasteiger partial charge is 0.295 e. The van der Waals surface area contributed by atoms with E-state index in [0.29, 0.717) is 17.9 Å². The van der Waals surface area contributed by atoms with Gasteiger partial charge >= 0.3 is 5.69 Å². The molecule has 2 amide bonds. The summed E-state index contributed by atoms with van der Waals surface area (Å²) in [6.07, 6.45) is 2.34. The summed E-state index contributed by atoms with van der Waals surface area (Å²) in [7, 11) is 3.44. The first-order chi connectivity index (χ1) is 13.5. The molecule has 28 heavy (non-hydrogen) atoms. The lowest BCUT2D eigenvalue weighted by atomic mass is 10.1. The molecule has 142 valence electrons. The Morgan fingerprint density at radius 2 is 1.64 bits per heavy atom. The van der Waals surface area contributed by atoms with Gasteiger partial charge in [-0.25, -0.2) is 4.79 Å². The van der Waals surface area contributed by atoms with E-state index in [4.69, 9.17) is 0 Å². The second-order valence-corrected chi connectivity index (χ2v) is 7.71. The first-order valence-corrected chi connectivity index (χ1v) is 9.72. The molecule has 0 atom stereocenters. The van der Waals surface area contributed by atoms with Gasteiger partial charge in [0.2, 0.25) is 0 Å². The number of nitrogens with zero attached hydrogens (tertiary/aromatic N) is 3. The second kappa shape index (κ2) is 7.16. The van der Waals surface area contributed by atoms with Crippen LogP contribution in [0.25, 0.3) is 17.1 Å². The summed E-state index contributed by atoms with van der Waals surface area (Å²) >= 11 is 0.955. The van der Waals surface area contributed by atoms with E-state index in [2.05, 4.69) is 0 Å². The molecule has 0 bridgehead atoms. The van der Waals surface area contributed by atoms with Gasteiger partial charge in [-0.1, -0.05) is 36.4 Å². The van der Waals surface area contributed by atoms with Crippen LogP contribution in [0.5, 0.6) is 0 Å². The van der Waals surface area contributed by atoms with E-state index in [1.54, 1.807) is 29.3 Å². The maximum Gasteiger partial charge on any atom is 0.328 e. The summed E-state index contributed by atoms with van der Waals surface area (Å²) < 4.78 is 3.15. The third kappa shape index (κ3) is 3.18. The van der Waals surface area contributed by atoms with E-state index < -0.39 is 0 Å². The number of hydrogen-bond acceptors (Lipinski definition) is 4. The summed E-state index contributed by atoms with van der Waals surface area (Å²) in [5.74, 6) is -0.270. The van der Waals surface area contributed by atoms with Gasteiger partial charge in [-0.2, -0.15) is 0 Å². The Morgan fingerprint density at radius 3 is 2.39 bits per heavy atom. The quantitative estimate of drug-likeness (QED) is 0.639. The number of rotatable bonds is 4. The first-order valence-electron chi connectivity index (χ1n) is 8.90. The Balaban J connectivity index is 1.57. The Morgan fingerprint density at radius 1 is 0.929 bits per heavy atom. The standard InChI is InChI=1S/C21H19N3O3S/c1-22-16-9-8-15(12-17(16)23(2)20(22)26)13-18-19(25)24(21(27)28-18)11-10-14-6-4-3-5-7-14/h3-9,12-13H,10-11H2,1-2H3/b18-13-. The van der Waals surface area contributed by atoms with Crippen LogP contribution in [-0.4, -0.2) is 31.7 Å². The van der Waals surface area contributed by atoms with Gasteiger partial charge in [0.05, 0.1) is 15.9 Å². The van der Waals surface area contributed by atoms with Crippen LogP contribution in [0.4, 0.5) is 4.79 Å². The molecular formula is C21H19N3O3S. The molecule has 0 radical (unpaired) electrons. The van der Waals surface area contributed by atoms with Gasteiger partial charge in [0.25, 0.3) is 11.1 Å². The normalized spacial score (nSPS) is 15.9. The number of fused-ring (bicyclic) bond motifs is 1. The SMILES string of the molecule is Cn1c(=O)n(C)c2cc(/C=C3\SC(=O)N(CCc4ccccc4)C3=O)ccc21. The topological polar surface area (TPSA) is 64.3 Å². The minimum absolute atomic E-state index is 0.103. The van der Waals surface area contributed by atoms with Crippen molar-refractivity contribution in [1.82, 2.24) is 14.0 Å². The van der Waals surface area contributed by atoms with Crippen molar-refractivity contribution in [3.05, 3.63) is 75.0 Å². The van der Waals surface area contributed by atoms with Gasteiger partial charge in [0.15, 0.2) is 0 Å². The Bertz CT molecular complexity index is 1170. The van der Waals surface area contributed by atoms with Crippen LogP contribution < -0.4 is 5.69 Å². The molecule has 2 heterocycles. The van der Waals surface area contributed by atoms with E-state index in [1.807, 2.05) is 48.5 Å². The third-order valence-corrected chi connectivity index (χ3v) is 5.84. The Labute approximate surface area is 166 Å². The van der Waals surface area contributed by atoms with E-state index in [-0.39, 0.29) is 16.8 Å². The molecule has 6 nitrogen and oxygen atoms in total. The first kappa shape index (κ1) is 18.3. The molecule has 3 aromatic rings. The predicted molar refractivity (Wildman–Crippen MR) is 111 cm³/mol. The maximum absolute atomic E-state index is 12.7. The molecule has 0 unspecified atom stereocenters. The van der Waals surface area contributed by atoms with Crippen molar-refractivity contribution >= 4 is 40.0 Å². The second-order valence-electron chi connectivity index (χ2n) is 6.72. The van der Waals surface area contributed by atoms with Crippen LogP contribution >= 0.6 is 11.8 Å². The van der Waals surface area contributed by atoms with Crippen molar-refractivity contribution in [2.75, 3.05) is 6.54 Å². The number of hydrogen-bond donors (Lipinski definition) is 0. The lowest BCUT2D eigenvalue weighted by Crippen LogP contribution is -2.30. The summed E-state index contributed by atoms with van der Waals surface area (Å²) in [6, 6.07) is 15.3. The van der Waals surface area contributed by atoms with E-state index in [0.717, 1.165) is 33.9 Å². The molecule has 1 aliphatic rings. The average Bonchev–Trinajstić information content (AvgIpc) is 3.09. The molecule has 7 heteroatoms. The number of carbonyl (C=O) groups excluding carboxylic acids is 2. The predicted octanol–water partition coefficient (Wildman–Crippen LogP) is 3.16. The molecule has 2 aromatic carbocycles. The fraction of sp³-hybridized carbons (Fsp3) is 0.190. The van der Waals surface area contributed by atoms with Crippen molar-refractivity contribution in [2.24, 2.45) is 14.1 Å². The van der Waals surface area contributed by atoms with Crippen molar-refractivity contribution in [3.63, 3.8) is 0 Å². The van der Waals surface area contributed by atoms with Gasteiger partial charge in [-0.3, -0.25) is 23.6 Å². The number of thioether (sulfide) groups is 1. The monoisotopic (exact) mass is 393 g/mol. The minimum atomic E-state index is -0.270. The number of carbonyl (C=O) groups is 2. The zero-order chi connectivity index (χ0) is 19.8. The highest BCUT2D eigenvalue weighted by Gasteiger charge is 2.34. The van der Waals surface area contributed by atoms with E-state index in [9.17, 15) is 14.4 Å². The molecule has 1 fully saturated rings. The number of imidazole rings is 1. The molecule has 0 N–H and O–H groups in total. The fourth-order valence-corrected chi connectivity index (χ4v) is 4.21. The van der Waals surface area contributed by atoms with Gasteiger partial charge < -0.3 is 0 Å². The Hall–Kier alpha value is -3.06.